The van der Waals surface area contributed by atoms with Gasteiger partial charge in [-0.25, -0.2) is 0 Å². The molecule has 2 aromatic rings. The molecule has 0 radical (unpaired) electrons. The largest absolute Gasteiger partial charge is 0.573 e. The van der Waals surface area contributed by atoms with Crippen LogP contribution in [0.1, 0.15) is 0 Å². The van der Waals surface area contributed by atoms with E-state index in [0.29, 0.717) is 5.56 Å². The lowest BCUT2D eigenvalue weighted by atomic mass is 10.1. The van der Waals surface area contributed by atoms with Crippen molar-refractivity contribution in [2.24, 2.45) is 0 Å². The van der Waals surface area contributed by atoms with E-state index in [4.69, 9.17) is 0 Å². The number of nitrogens with zero attached hydrogens (tertiary/aromatic N) is 1. The molecular formula is C12H8F3NO2. The first-order chi connectivity index (χ1) is 8.46. The molecule has 0 fully saturated rings. The van der Waals surface area contributed by atoms with Crippen LogP contribution in [0.2, 0.25) is 0 Å². The Morgan fingerprint density at radius 1 is 1.17 bits per heavy atom. The number of hydrogen-bond donors (Lipinski definition) is 1. The highest BCUT2D eigenvalue weighted by Crippen LogP contribution is 2.35. The minimum atomic E-state index is -4.81. The van der Waals surface area contributed by atoms with Crippen LogP contribution >= 0.6 is 0 Å². The molecule has 1 aromatic heterocycles. The van der Waals surface area contributed by atoms with Crippen molar-refractivity contribution in [3.63, 3.8) is 0 Å². The third kappa shape index (κ3) is 2.91. The summed E-state index contributed by atoms with van der Waals surface area (Å²) >= 11 is 0. The average molecular weight is 255 g/mol. The summed E-state index contributed by atoms with van der Waals surface area (Å²) in [5, 5.41) is 9.22. The van der Waals surface area contributed by atoms with Crippen LogP contribution in [-0.2, 0) is 0 Å². The van der Waals surface area contributed by atoms with Crippen LogP contribution in [0.3, 0.4) is 0 Å². The van der Waals surface area contributed by atoms with Crippen LogP contribution < -0.4 is 4.74 Å². The zero-order valence-corrected chi connectivity index (χ0v) is 8.98. The molecule has 18 heavy (non-hydrogen) atoms. The molecule has 3 nitrogen and oxygen atoms in total. The van der Waals surface area contributed by atoms with Crippen LogP contribution in [-0.4, -0.2) is 16.5 Å². The second kappa shape index (κ2) is 4.56. The van der Waals surface area contributed by atoms with Gasteiger partial charge in [-0.2, -0.15) is 0 Å². The minimum Gasteiger partial charge on any atom is -0.508 e. The predicted octanol–water partition coefficient (Wildman–Crippen LogP) is 3.35. The van der Waals surface area contributed by atoms with Crippen molar-refractivity contribution in [1.29, 1.82) is 0 Å². The number of hydrogen-bond acceptors (Lipinski definition) is 3. The molecule has 1 heterocycles. The second-order valence-corrected chi connectivity index (χ2v) is 3.47. The number of phenolic OH excluding ortho intramolecular Hbond substituents is 1. The van der Waals surface area contributed by atoms with Crippen molar-refractivity contribution in [1.82, 2.24) is 4.98 Å². The molecule has 0 unspecified atom stereocenters. The van der Waals surface area contributed by atoms with Gasteiger partial charge in [-0.15, -0.1) is 13.2 Å². The zero-order chi connectivity index (χ0) is 13.2. The molecule has 0 aliphatic rings. The Labute approximate surface area is 100 Å². The Morgan fingerprint density at radius 3 is 2.56 bits per heavy atom. The summed E-state index contributed by atoms with van der Waals surface area (Å²) in [6.07, 6.45) is -1.89. The van der Waals surface area contributed by atoms with Crippen LogP contribution in [0.5, 0.6) is 11.5 Å². The van der Waals surface area contributed by atoms with Gasteiger partial charge in [-0.05, 0) is 18.2 Å². The standard InChI is InChI=1S/C12H8F3NO2/c13-12(14,15)18-11-6-9(17)3-4-10(11)8-2-1-5-16-7-8/h1-7,17H. The van der Waals surface area contributed by atoms with Gasteiger partial charge in [0, 0.05) is 29.6 Å². The Balaban J connectivity index is 2.47. The van der Waals surface area contributed by atoms with Crippen LogP contribution in [0.15, 0.2) is 42.7 Å². The Bertz CT molecular complexity index is 541. The fraction of sp³-hybridized carbons (Fsp3) is 0.0833. The maximum absolute atomic E-state index is 12.2. The van der Waals surface area contributed by atoms with E-state index in [1.54, 1.807) is 12.1 Å². The van der Waals surface area contributed by atoms with Crippen molar-refractivity contribution in [2.75, 3.05) is 0 Å². The molecule has 0 amide bonds. The number of pyridine rings is 1. The summed E-state index contributed by atoms with van der Waals surface area (Å²) in [5.41, 5.74) is 0.676. The summed E-state index contributed by atoms with van der Waals surface area (Å²) < 4.78 is 40.6. The Hall–Kier alpha value is -2.24. The molecule has 0 aliphatic heterocycles. The van der Waals surface area contributed by atoms with Crippen LogP contribution in [0.4, 0.5) is 13.2 Å². The zero-order valence-electron chi connectivity index (χ0n) is 8.98. The lowest BCUT2D eigenvalue weighted by Crippen LogP contribution is -2.17. The van der Waals surface area contributed by atoms with Gasteiger partial charge in [0.15, 0.2) is 0 Å². The molecule has 2 rings (SSSR count). The summed E-state index contributed by atoms with van der Waals surface area (Å²) in [6, 6.07) is 6.73. The van der Waals surface area contributed by atoms with E-state index < -0.39 is 12.1 Å². The third-order valence-corrected chi connectivity index (χ3v) is 2.16. The number of aromatic nitrogens is 1. The van der Waals surface area contributed by atoms with Crippen molar-refractivity contribution in [3.8, 4) is 22.6 Å². The van der Waals surface area contributed by atoms with Gasteiger partial charge in [0.25, 0.3) is 0 Å². The number of ether oxygens (including phenoxy) is 1. The van der Waals surface area contributed by atoms with E-state index in [0.717, 1.165) is 6.07 Å². The molecule has 6 heteroatoms. The Kier molecular flexibility index (Phi) is 3.10. The summed E-state index contributed by atoms with van der Waals surface area (Å²) in [7, 11) is 0. The van der Waals surface area contributed by atoms with E-state index in [1.807, 2.05) is 0 Å². The van der Waals surface area contributed by atoms with Crippen LogP contribution in [0.25, 0.3) is 11.1 Å². The number of aromatic hydroxyl groups is 1. The van der Waals surface area contributed by atoms with Gasteiger partial charge >= 0.3 is 6.36 Å². The lowest BCUT2D eigenvalue weighted by molar-refractivity contribution is -0.274. The first-order valence-corrected chi connectivity index (χ1v) is 4.95. The lowest BCUT2D eigenvalue weighted by Gasteiger charge is -2.13. The molecule has 0 saturated carbocycles. The van der Waals surface area contributed by atoms with Crippen LogP contribution in [0, 0.1) is 0 Å². The minimum absolute atomic E-state index is 0.207. The van der Waals surface area contributed by atoms with Gasteiger partial charge in [-0.3, -0.25) is 4.98 Å². The summed E-state index contributed by atoms with van der Waals surface area (Å²) in [5.74, 6) is -0.766. The monoisotopic (exact) mass is 255 g/mol. The highest BCUT2D eigenvalue weighted by Gasteiger charge is 2.32. The molecule has 0 saturated heterocycles. The topological polar surface area (TPSA) is 42.4 Å². The molecule has 94 valence electrons. The smallest absolute Gasteiger partial charge is 0.508 e. The molecule has 0 atom stereocenters. The molecule has 1 N–H and O–H groups in total. The van der Waals surface area contributed by atoms with E-state index in [2.05, 4.69) is 9.72 Å². The van der Waals surface area contributed by atoms with Crippen molar-refractivity contribution in [3.05, 3.63) is 42.7 Å². The number of alkyl halides is 3. The van der Waals surface area contributed by atoms with E-state index in [1.165, 1.54) is 24.5 Å². The number of benzene rings is 1. The Morgan fingerprint density at radius 2 is 1.94 bits per heavy atom. The third-order valence-electron chi connectivity index (χ3n) is 2.16. The fourth-order valence-electron chi connectivity index (χ4n) is 1.48. The van der Waals surface area contributed by atoms with Gasteiger partial charge < -0.3 is 9.84 Å². The van der Waals surface area contributed by atoms with Crippen molar-refractivity contribution < 1.29 is 23.0 Å². The number of halogens is 3. The summed E-state index contributed by atoms with van der Waals surface area (Å²) in [4.78, 5) is 3.82. The fourth-order valence-corrected chi connectivity index (χ4v) is 1.48. The molecule has 1 aromatic carbocycles. The maximum Gasteiger partial charge on any atom is 0.573 e. The molecule has 0 bridgehead atoms. The van der Waals surface area contributed by atoms with Gasteiger partial charge in [0.1, 0.15) is 11.5 Å². The normalized spacial score (nSPS) is 11.3. The van der Waals surface area contributed by atoms with Crippen molar-refractivity contribution >= 4 is 0 Å². The molecular weight excluding hydrogens is 247 g/mol. The first kappa shape index (κ1) is 12.2. The average Bonchev–Trinajstić information content (AvgIpc) is 2.28. The highest BCUT2D eigenvalue weighted by atomic mass is 19.4. The number of rotatable bonds is 2. The quantitative estimate of drug-likeness (QED) is 0.894. The van der Waals surface area contributed by atoms with Gasteiger partial charge in [-0.1, -0.05) is 6.07 Å². The highest BCUT2D eigenvalue weighted by molar-refractivity contribution is 5.70. The van der Waals surface area contributed by atoms with Gasteiger partial charge in [0.05, 0.1) is 0 Å². The SMILES string of the molecule is Oc1ccc(-c2cccnc2)c(OC(F)(F)F)c1. The summed E-state index contributed by atoms with van der Waals surface area (Å²) in [6.45, 7) is 0. The maximum atomic E-state index is 12.2. The molecule has 0 aliphatic carbocycles. The second-order valence-electron chi connectivity index (χ2n) is 3.47. The van der Waals surface area contributed by atoms with Gasteiger partial charge in [0.2, 0.25) is 0 Å². The van der Waals surface area contributed by atoms with Crippen molar-refractivity contribution in [2.45, 2.75) is 6.36 Å². The van der Waals surface area contributed by atoms with E-state index in [9.17, 15) is 18.3 Å². The van der Waals surface area contributed by atoms with E-state index in [-0.39, 0.29) is 11.3 Å². The first-order valence-electron chi connectivity index (χ1n) is 4.95. The molecule has 0 spiro atoms. The number of phenols is 1. The van der Waals surface area contributed by atoms with E-state index >= 15 is 0 Å². The predicted molar refractivity (Wildman–Crippen MR) is 58.0 cm³/mol.